The number of amides is 2. The lowest BCUT2D eigenvalue weighted by Gasteiger charge is -2.53. The number of carbonyl (C=O) groups is 2. The number of hydrogen-bond donors (Lipinski definition) is 1. The Morgan fingerprint density at radius 2 is 2.07 bits per heavy atom. The number of carbonyl (C=O) groups excluding carboxylic acids is 2. The molecule has 158 valence electrons. The van der Waals surface area contributed by atoms with Crippen LogP contribution in [0.4, 0.5) is 0 Å². The predicted octanol–water partition coefficient (Wildman–Crippen LogP) is 1.96. The number of piperidine rings is 2. The van der Waals surface area contributed by atoms with Gasteiger partial charge in [0.15, 0.2) is 0 Å². The molecule has 2 amide bonds. The number of rotatable bonds is 4. The molecule has 2 aliphatic heterocycles. The Kier molecular flexibility index (Phi) is 5.76. The SMILES string of the molecule is CN1CC[C@]2(C(=O)NCC3=CCCCC3)CCCN(C(=O)c3cn(C)cn3)[C@H]2C1. The summed E-state index contributed by atoms with van der Waals surface area (Å²) < 4.78 is 1.79. The average molecular weight is 400 g/mol. The molecule has 2 saturated heterocycles. The van der Waals surface area contributed by atoms with Crippen molar-refractivity contribution in [2.24, 2.45) is 12.5 Å². The lowest BCUT2D eigenvalue weighted by atomic mass is 9.67. The summed E-state index contributed by atoms with van der Waals surface area (Å²) in [4.78, 5) is 35.2. The molecule has 7 heteroatoms. The Morgan fingerprint density at radius 3 is 2.79 bits per heavy atom. The first-order valence-corrected chi connectivity index (χ1v) is 10.9. The molecule has 0 bridgehead atoms. The summed E-state index contributed by atoms with van der Waals surface area (Å²) in [6.45, 7) is 2.96. The van der Waals surface area contributed by atoms with E-state index < -0.39 is 5.41 Å². The third kappa shape index (κ3) is 3.97. The number of likely N-dealkylation sites (N-methyl/N-ethyl adjacent to an activating group) is 1. The second-order valence-electron chi connectivity index (χ2n) is 9.00. The Bertz CT molecular complexity index is 801. The van der Waals surface area contributed by atoms with E-state index >= 15 is 0 Å². The van der Waals surface area contributed by atoms with Crippen molar-refractivity contribution in [2.75, 3.05) is 33.2 Å². The number of likely N-dealkylation sites (tertiary alicyclic amines) is 2. The van der Waals surface area contributed by atoms with Crippen LogP contribution in [-0.2, 0) is 11.8 Å². The van der Waals surface area contributed by atoms with Crippen LogP contribution in [0.15, 0.2) is 24.2 Å². The maximum atomic E-state index is 13.5. The zero-order valence-electron chi connectivity index (χ0n) is 17.7. The van der Waals surface area contributed by atoms with Gasteiger partial charge in [0.05, 0.1) is 17.8 Å². The van der Waals surface area contributed by atoms with Crippen LogP contribution in [0.2, 0.25) is 0 Å². The Morgan fingerprint density at radius 1 is 1.21 bits per heavy atom. The first kappa shape index (κ1) is 20.1. The summed E-state index contributed by atoms with van der Waals surface area (Å²) in [6.07, 6.45) is 12.9. The fraction of sp³-hybridized carbons (Fsp3) is 0.682. The van der Waals surface area contributed by atoms with Gasteiger partial charge in [-0.3, -0.25) is 9.59 Å². The van der Waals surface area contributed by atoms with Crippen molar-refractivity contribution in [1.82, 2.24) is 24.7 Å². The molecule has 1 N–H and O–H groups in total. The Hall–Kier alpha value is -2.15. The van der Waals surface area contributed by atoms with E-state index in [4.69, 9.17) is 0 Å². The van der Waals surface area contributed by atoms with Gasteiger partial charge in [0, 0.05) is 32.9 Å². The predicted molar refractivity (Wildman–Crippen MR) is 111 cm³/mol. The number of nitrogens with one attached hydrogen (secondary N) is 1. The van der Waals surface area contributed by atoms with E-state index in [0.29, 0.717) is 18.8 Å². The van der Waals surface area contributed by atoms with Crippen LogP contribution in [0.5, 0.6) is 0 Å². The normalized spacial score (nSPS) is 27.9. The Balaban J connectivity index is 1.55. The molecule has 0 saturated carbocycles. The van der Waals surface area contributed by atoms with Gasteiger partial charge in [-0.15, -0.1) is 0 Å². The lowest BCUT2D eigenvalue weighted by Crippen LogP contribution is -2.66. The van der Waals surface area contributed by atoms with Crippen LogP contribution < -0.4 is 5.32 Å². The quantitative estimate of drug-likeness (QED) is 0.786. The van der Waals surface area contributed by atoms with E-state index in [1.54, 1.807) is 17.1 Å². The summed E-state index contributed by atoms with van der Waals surface area (Å²) in [5, 5.41) is 3.25. The number of hydrogen-bond acceptors (Lipinski definition) is 4. The number of aryl methyl sites for hydroxylation is 1. The first-order chi connectivity index (χ1) is 14.0. The molecular weight excluding hydrogens is 366 g/mol. The zero-order chi connectivity index (χ0) is 20.4. The standard InChI is InChI=1S/C22H33N5O2/c1-25-12-10-22(21(29)23-13-17-7-4-3-5-8-17)9-6-11-27(19(22)15-25)20(28)18-14-26(2)16-24-18/h7,14,16,19H,3-6,8-13,15H2,1-2H3,(H,23,29)/t19-,22+/m0/s1. The van der Waals surface area contributed by atoms with Crippen molar-refractivity contribution >= 4 is 11.8 Å². The molecular formula is C22H33N5O2. The van der Waals surface area contributed by atoms with Gasteiger partial charge in [0.25, 0.3) is 5.91 Å². The molecule has 0 radical (unpaired) electrons. The minimum Gasteiger partial charge on any atom is -0.352 e. The number of aromatic nitrogens is 2. The van der Waals surface area contributed by atoms with Gasteiger partial charge >= 0.3 is 0 Å². The van der Waals surface area contributed by atoms with Gasteiger partial charge in [0.1, 0.15) is 5.69 Å². The van der Waals surface area contributed by atoms with E-state index in [2.05, 4.69) is 28.3 Å². The summed E-state index contributed by atoms with van der Waals surface area (Å²) in [5.74, 6) is 0.0679. The maximum absolute atomic E-state index is 13.5. The highest BCUT2D eigenvalue weighted by Crippen LogP contribution is 2.43. The average Bonchev–Trinajstić information content (AvgIpc) is 3.18. The molecule has 1 aromatic rings. The topological polar surface area (TPSA) is 70.5 Å². The van der Waals surface area contributed by atoms with Gasteiger partial charge < -0.3 is 19.7 Å². The largest absolute Gasteiger partial charge is 0.352 e. The van der Waals surface area contributed by atoms with Crippen molar-refractivity contribution in [3.63, 3.8) is 0 Å². The maximum Gasteiger partial charge on any atom is 0.274 e. The van der Waals surface area contributed by atoms with E-state index in [-0.39, 0.29) is 17.9 Å². The van der Waals surface area contributed by atoms with Crippen LogP contribution >= 0.6 is 0 Å². The molecule has 1 aromatic heterocycles. The smallest absolute Gasteiger partial charge is 0.274 e. The third-order valence-electron chi connectivity index (χ3n) is 6.96. The molecule has 1 aliphatic carbocycles. The van der Waals surface area contributed by atoms with Crippen LogP contribution in [0, 0.1) is 5.41 Å². The van der Waals surface area contributed by atoms with E-state index in [1.165, 1.54) is 18.4 Å². The van der Waals surface area contributed by atoms with Gasteiger partial charge in [-0.1, -0.05) is 11.6 Å². The second-order valence-corrected chi connectivity index (χ2v) is 9.00. The van der Waals surface area contributed by atoms with Crippen LogP contribution in [0.3, 0.4) is 0 Å². The molecule has 3 heterocycles. The van der Waals surface area contributed by atoms with Crippen LogP contribution in [-0.4, -0.2) is 70.4 Å². The van der Waals surface area contributed by atoms with Crippen molar-refractivity contribution in [3.8, 4) is 0 Å². The molecule has 7 nitrogen and oxygen atoms in total. The van der Waals surface area contributed by atoms with Gasteiger partial charge in [-0.05, 0) is 58.5 Å². The van der Waals surface area contributed by atoms with Crippen LogP contribution in [0.25, 0.3) is 0 Å². The minimum atomic E-state index is -0.496. The third-order valence-corrected chi connectivity index (χ3v) is 6.96. The number of fused-ring (bicyclic) bond motifs is 1. The highest BCUT2D eigenvalue weighted by atomic mass is 16.2. The number of nitrogens with zero attached hydrogens (tertiary/aromatic N) is 4. The fourth-order valence-electron chi connectivity index (χ4n) is 5.25. The van der Waals surface area contributed by atoms with Gasteiger partial charge in [-0.25, -0.2) is 4.98 Å². The fourth-order valence-corrected chi connectivity index (χ4v) is 5.25. The van der Waals surface area contributed by atoms with Gasteiger partial charge in [-0.2, -0.15) is 0 Å². The zero-order valence-corrected chi connectivity index (χ0v) is 17.7. The highest BCUT2D eigenvalue weighted by Gasteiger charge is 2.53. The summed E-state index contributed by atoms with van der Waals surface area (Å²) in [6, 6.07) is -0.107. The van der Waals surface area contributed by atoms with Crippen molar-refractivity contribution in [2.45, 2.75) is 51.0 Å². The highest BCUT2D eigenvalue weighted by molar-refractivity contribution is 5.93. The molecule has 2 atom stereocenters. The van der Waals surface area contributed by atoms with Crippen molar-refractivity contribution in [1.29, 1.82) is 0 Å². The molecule has 4 rings (SSSR count). The van der Waals surface area contributed by atoms with Gasteiger partial charge in [0.2, 0.25) is 5.91 Å². The summed E-state index contributed by atoms with van der Waals surface area (Å²) >= 11 is 0. The Labute approximate surface area is 173 Å². The van der Waals surface area contributed by atoms with Crippen molar-refractivity contribution in [3.05, 3.63) is 29.9 Å². The molecule has 29 heavy (non-hydrogen) atoms. The van der Waals surface area contributed by atoms with E-state index in [1.807, 2.05) is 11.9 Å². The minimum absolute atomic E-state index is 0.0576. The monoisotopic (exact) mass is 399 g/mol. The first-order valence-electron chi connectivity index (χ1n) is 10.9. The molecule has 3 aliphatic rings. The molecule has 0 aromatic carbocycles. The molecule has 0 unspecified atom stereocenters. The number of allylic oxidation sites excluding steroid dienone is 1. The lowest BCUT2D eigenvalue weighted by molar-refractivity contribution is -0.142. The molecule has 0 spiro atoms. The molecule has 2 fully saturated rings. The second kappa shape index (κ2) is 8.30. The van der Waals surface area contributed by atoms with E-state index in [0.717, 1.165) is 45.2 Å². The summed E-state index contributed by atoms with van der Waals surface area (Å²) in [5.41, 5.74) is 1.32. The van der Waals surface area contributed by atoms with E-state index in [9.17, 15) is 9.59 Å². The van der Waals surface area contributed by atoms with Crippen molar-refractivity contribution < 1.29 is 9.59 Å². The van der Waals surface area contributed by atoms with Crippen LogP contribution in [0.1, 0.15) is 55.4 Å². The summed E-state index contributed by atoms with van der Waals surface area (Å²) in [7, 11) is 3.94. The number of imidazole rings is 1.